The standard InChI is InChI=1S/C22H28N2O3S/c1-18-7-5-8-20(15-18)16-23-22(25)13-12-19-9-6-14-24(17-19)28(26,27)21-10-3-2-4-11-21/h2-5,7-8,10-11,15,19H,6,9,12-14,16-17H2,1H3,(H,23,25). The topological polar surface area (TPSA) is 66.5 Å². The van der Waals surface area contributed by atoms with E-state index in [-0.39, 0.29) is 11.8 Å². The van der Waals surface area contributed by atoms with E-state index in [1.165, 1.54) is 5.56 Å². The SMILES string of the molecule is Cc1cccc(CNC(=O)CCC2CCCN(S(=O)(=O)c3ccccc3)C2)c1. The molecule has 0 saturated carbocycles. The summed E-state index contributed by atoms with van der Waals surface area (Å²) in [6.07, 6.45) is 2.93. The van der Waals surface area contributed by atoms with Crippen molar-refractivity contribution >= 4 is 15.9 Å². The lowest BCUT2D eigenvalue weighted by atomic mass is 9.94. The highest BCUT2D eigenvalue weighted by atomic mass is 32.2. The number of aryl methyl sites for hydroxylation is 1. The van der Waals surface area contributed by atoms with Crippen LogP contribution in [0.3, 0.4) is 0 Å². The van der Waals surface area contributed by atoms with E-state index in [4.69, 9.17) is 0 Å². The van der Waals surface area contributed by atoms with Crippen LogP contribution in [0.25, 0.3) is 0 Å². The van der Waals surface area contributed by atoms with Gasteiger partial charge < -0.3 is 5.32 Å². The van der Waals surface area contributed by atoms with Crippen molar-refractivity contribution in [2.75, 3.05) is 13.1 Å². The van der Waals surface area contributed by atoms with Gasteiger partial charge in [0.05, 0.1) is 4.90 Å². The van der Waals surface area contributed by atoms with Crippen LogP contribution in [0.2, 0.25) is 0 Å². The molecule has 2 aromatic carbocycles. The summed E-state index contributed by atoms with van der Waals surface area (Å²) in [5.41, 5.74) is 2.26. The Hall–Kier alpha value is -2.18. The average Bonchev–Trinajstić information content (AvgIpc) is 2.71. The van der Waals surface area contributed by atoms with E-state index in [0.29, 0.717) is 37.4 Å². The zero-order chi connectivity index (χ0) is 20.0. The molecule has 0 aromatic heterocycles. The van der Waals surface area contributed by atoms with E-state index in [0.717, 1.165) is 18.4 Å². The molecule has 0 radical (unpaired) electrons. The average molecular weight is 401 g/mol. The van der Waals surface area contributed by atoms with Crippen LogP contribution in [-0.4, -0.2) is 31.7 Å². The number of sulfonamides is 1. The van der Waals surface area contributed by atoms with Gasteiger partial charge >= 0.3 is 0 Å². The Labute approximate surface area is 167 Å². The Balaban J connectivity index is 1.49. The van der Waals surface area contributed by atoms with Crippen LogP contribution >= 0.6 is 0 Å². The van der Waals surface area contributed by atoms with Gasteiger partial charge in [-0.05, 0) is 49.8 Å². The van der Waals surface area contributed by atoms with Crippen LogP contribution in [0, 0.1) is 12.8 Å². The maximum Gasteiger partial charge on any atom is 0.243 e. The van der Waals surface area contributed by atoms with E-state index >= 15 is 0 Å². The van der Waals surface area contributed by atoms with Crippen molar-refractivity contribution in [3.63, 3.8) is 0 Å². The second-order valence-electron chi connectivity index (χ2n) is 7.49. The van der Waals surface area contributed by atoms with Gasteiger partial charge in [-0.25, -0.2) is 8.42 Å². The van der Waals surface area contributed by atoms with Gasteiger partial charge in [-0.1, -0.05) is 48.0 Å². The molecule has 1 heterocycles. The first-order valence-corrected chi connectivity index (χ1v) is 11.3. The number of hydrogen-bond donors (Lipinski definition) is 1. The third kappa shape index (κ3) is 5.42. The molecule has 1 aliphatic heterocycles. The fraction of sp³-hybridized carbons (Fsp3) is 0.409. The van der Waals surface area contributed by atoms with Crippen LogP contribution in [0.15, 0.2) is 59.5 Å². The number of nitrogens with zero attached hydrogens (tertiary/aromatic N) is 1. The molecule has 0 bridgehead atoms. The number of carbonyl (C=O) groups excluding carboxylic acids is 1. The van der Waals surface area contributed by atoms with Gasteiger partial charge in [0, 0.05) is 26.1 Å². The molecule has 2 aromatic rings. The number of benzene rings is 2. The molecule has 0 spiro atoms. The van der Waals surface area contributed by atoms with Gasteiger partial charge in [-0.3, -0.25) is 4.79 Å². The van der Waals surface area contributed by atoms with Gasteiger partial charge in [0.1, 0.15) is 0 Å². The summed E-state index contributed by atoms with van der Waals surface area (Å²) in [5.74, 6) is 0.238. The molecule has 6 heteroatoms. The van der Waals surface area contributed by atoms with Gasteiger partial charge in [-0.15, -0.1) is 0 Å². The Morgan fingerprint density at radius 3 is 2.68 bits per heavy atom. The van der Waals surface area contributed by atoms with Crippen LogP contribution < -0.4 is 5.32 Å². The van der Waals surface area contributed by atoms with Crippen molar-refractivity contribution in [2.24, 2.45) is 5.92 Å². The van der Waals surface area contributed by atoms with Crippen LogP contribution in [0.4, 0.5) is 0 Å². The summed E-state index contributed by atoms with van der Waals surface area (Å²) in [6.45, 7) is 3.60. The fourth-order valence-corrected chi connectivity index (χ4v) is 5.24. The molecule has 28 heavy (non-hydrogen) atoms. The maximum atomic E-state index is 12.8. The third-order valence-electron chi connectivity index (χ3n) is 5.21. The first-order valence-electron chi connectivity index (χ1n) is 9.82. The summed E-state index contributed by atoms with van der Waals surface area (Å²) in [4.78, 5) is 12.5. The minimum atomic E-state index is -3.45. The molecule has 3 rings (SSSR count). The van der Waals surface area contributed by atoms with E-state index in [1.807, 2.05) is 31.2 Å². The molecule has 1 saturated heterocycles. The molecule has 1 fully saturated rings. The first-order chi connectivity index (χ1) is 13.4. The van der Waals surface area contributed by atoms with Crippen molar-refractivity contribution in [3.05, 3.63) is 65.7 Å². The molecule has 5 nitrogen and oxygen atoms in total. The zero-order valence-electron chi connectivity index (χ0n) is 16.3. The molecule has 1 N–H and O–H groups in total. The lowest BCUT2D eigenvalue weighted by Gasteiger charge is -2.31. The quantitative estimate of drug-likeness (QED) is 0.774. The second kappa shape index (κ2) is 9.34. The fourth-order valence-electron chi connectivity index (χ4n) is 3.67. The van der Waals surface area contributed by atoms with E-state index in [9.17, 15) is 13.2 Å². The van der Waals surface area contributed by atoms with Crippen molar-refractivity contribution in [1.82, 2.24) is 9.62 Å². The monoisotopic (exact) mass is 400 g/mol. The van der Waals surface area contributed by atoms with E-state index in [1.54, 1.807) is 28.6 Å². The van der Waals surface area contributed by atoms with Crippen LogP contribution in [0.5, 0.6) is 0 Å². The van der Waals surface area contributed by atoms with Crippen molar-refractivity contribution in [3.8, 4) is 0 Å². The summed E-state index contributed by atoms with van der Waals surface area (Å²) >= 11 is 0. The minimum absolute atomic E-state index is 0.0181. The molecular weight excluding hydrogens is 372 g/mol. The summed E-state index contributed by atoms with van der Waals surface area (Å²) < 4.78 is 27.2. The van der Waals surface area contributed by atoms with Gasteiger partial charge in [0.2, 0.25) is 15.9 Å². The molecule has 1 aliphatic rings. The van der Waals surface area contributed by atoms with Crippen LogP contribution in [-0.2, 0) is 21.4 Å². The minimum Gasteiger partial charge on any atom is -0.352 e. The first kappa shape index (κ1) is 20.6. The summed E-state index contributed by atoms with van der Waals surface area (Å²) in [7, 11) is -3.45. The molecule has 150 valence electrons. The Morgan fingerprint density at radius 2 is 1.93 bits per heavy atom. The van der Waals surface area contributed by atoms with Crippen LogP contribution in [0.1, 0.15) is 36.8 Å². The van der Waals surface area contributed by atoms with E-state index in [2.05, 4.69) is 11.4 Å². The Bertz CT molecular complexity index is 897. The highest BCUT2D eigenvalue weighted by Crippen LogP contribution is 2.26. The molecular formula is C22H28N2O3S. The maximum absolute atomic E-state index is 12.8. The normalized spacial score (nSPS) is 18.0. The highest BCUT2D eigenvalue weighted by molar-refractivity contribution is 7.89. The van der Waals surface area contributed by atoms with Gasteiger partial charge in [-0.2, -0.15) is 4.31 Å². The summed E-state index contributed by atoms with van der Waals surface area (Å²) in [5, 5.41) is 2.96. The van der Waals surface area contributed by atoms with Crippen molar-refractivity contribution in [1.29, 1.82) is 0 Å². The number of hydrogen-bond acceptors (Lipinski definition) is 3. The number of rotatable bonds is 7. The van der Waals surface area contributed by atoms with Crippen molar-refractivity contribution in [2.45, 2.75) is 44.0 Å². The Morgan fingerprint density at radius 1 is 1.14 bits per heavy atom. The lowest BCUT2D eigenvalue weighted by molar-refractivity contribution is -0.121. The number of carbonyl (C=O) groups is 1. The summed E-state index contributed by atoms with van der Waals surface area (Å²) in [6, 6.07) is 16.7. The van der Waals surface area contributed by atoms with Crippen molar-refractivity contribution < 1.29 is 13.2 Å². The zero-order valence-corrected chi connectivity index (χ0v) is 17.1. The van der Waals surface area contributed by atoms with Gasteiger partial charge in [0.25, 0.3) is 0 Å². The predicted molar refractivity (Wildman–Crippen MR) is 110 cm³/mol. The Kier molecular flexibility index (Phi) is 6.86. The second-order valence-corrected chi connectivity index (χ2v) is 9.43. The number of amides is 1. The van der Waals surface area contributed by atoms with Gasteiger partial charge in [0.15, 0.2) is 0 Å². The largest absolute Gasteiger partial charge is 0.352 e. The molecule has 1 atom stereocenters. The highest BCUT2D eigenvalue weighted by Gasteiger charge is 2.30. The predicted octanol–water partition coefficient (Wildman–Crippen LogP) is 3.49. The third-order valence-corrected chi connectivity index (χ3v) is 7.09. The number of nitrogens with one attached hydrogen (secondary N) is 1. The number of piperidine rings is 1. The molecule has 0 aliphatic carbocycles. The molecule has 1 amide bonds. The van der Waals surface area contributed by atoms with E-state index < -0.39 is 10.0 Å². The molecule has 1 unspecified atom stereocenters. The lowest BCUT2D eigenvalue weighted by Crippen LogP contribution is -2.40. The smallest absolute Gasteiger partial charge is 0.243 e.